The van der Waals surface area contributed by atoms with Gasteiger partial charge in [-0.05, 0) is 12.0 Å². The van der Waals surface area contributed by atoms with Crippen molar-refractivity contribution in [3.8, 4) is 0 Å². The van der Waals surface area contributed by atoms with Gasteiger partial charge in [0, 0.05) is 12.6 Å². The van der Waals surface area contributed by atoms with E-state index in [-0.39, 0.29) is 11.6 Å². The quantitative estimate of drug-likeness (QED) is 0.595. The molecular weight excluding hydrogens is 220 g/mol. The molecule has 0 saturated heterocycles. The zero-order chi connectivity index (χ0) is 12.6. The average Bonchev–Trinajstić information content (AvgIpc) is 2.55. The minimum Gasteiger partial charge on any atom is -0.334 e. The van der Waals surface area contributed by atoms with Crippen LogP contribution in [0, 0.1) is 16.0 Å². The lowest BCUT2D eigenvalue weighted by Crippen LogP contribution is -2.27. The predicted octanol–water partition coefficient (Wildman–Crippen LogP) is 2.21. The number of hydrogen-bond acceptors (Lipinski definition) is 3. The molecule has 5 heteroatoms. The highest BCUT2D eigenvalue weighted by molar-refractivity contribution is 5.99. The molecule has 0 saturated carbocycles. The van der Waals surface area contributed by atoms with Crippen molar-refractivity contribution >= 4 is 11.6 Å². The minimum absolute atomic E-state index is 0.0436. The van der Waals surface area contributed by atoms with E-state index in [4.69, 9.17) is 0 Å². The molecule has 90 valence electrons. The van der Waals surface area contributed by atoms with Gasteiger partial charge in [-0.25, -0.2) is 0 Å². The molecule has 0 aromatic heterocycles. The number of fused-ring (bicyclic) bond motifs is 1. The molecule has 0 fully saturated rings. The van der Waals surface area contributed by atoms with Crippen molar-refractivity contribution in [1.82, 2.24) is 4.90 Å². The standard InChI is InChI=1S/C12H14N2O3/c1-8(2)6-13-7-10-9(12(13)15)4-3-5-11(10)14(16)17/h3-5,8H,6-7H2,1-2H3. The van der Waals surface area contributed by atoms with Crippen molar-refractivity contribution in [3.05, 3.63) is 39.4 Å². The van der Waals surface area contributed by atoms with E-state index in [1.54, 1.807) is 17.0 Å². The summed E-state index contributed by atoms with van der Waals surface area (Å²) in [6.45, 7) is 5.02. The summed E-state index contributed by atoms with van der Waals surface area (Å²) in [5, 5.41) is 10.9. The van der Waals surface area contributed by atoms with Crippen molar-refractivity contribution in [2.45, 2.75) is 20.4 Å². The molecule has 0 radical (unpaired) electrons. The van der Waals surface area contributed by atoms with E-state index in [0.717, 1.165) is 0 Å². The molecule has 0 atom stereocenters. The maximum atomic E-state index is 12.0. The van der Waals surface area contributed by atoms with Gasteiger partial charge in [0.2, 0.25) is 0 Å². The summed E-state index contributed by atoms with van der Waals surface area (Å²) in [6.07, 6.45) is 0. The summed E-state index contributed by atoms with van der Waals surface area (Å²) < 4.78 is 0. The van der Waals surface area contributed by atoms with Crippen LogP contribution in [0.3, 0.4) is 0 Å². The van der Waals surface area contributed by atoms with Crippen molar-refractivity contribution in [2.24, 2.45) is 5.92 Å². The normalized spacial score (nSPS) is 14.3. The largest absolute Gasteiger partial charge is 0.334 e. The molecule has 1 aliphatic rings. The van der Waals surface area contributed by atoms with Crippen LogP contribution in [0.15, 0.2) is 18.2 Å². The summed E-state index contributed by atoms with van der Waals surface area (Å²) in [4.78, 5) is 24.1. The highest BCUT2D eigenvalue weighted by atomic mass is 16.6. The van der Waals surface area contributed by atoms with Gasteiger partial charge in [-0.3, -0.25) is 14.9 Å². The first-order chi connectivity index (χ1) is 8.00. The number of rotatable bonds is 3. The van der Waals surface area contributed by atoms with Crippen LogP contribution in [0.25, 0.3) is 0 Å². The fourth-order valence-corrected chi connectivity index (χ4v) is 2.13. The van der Waals surface area contributed by atoms with Crippen molar-refractivity contribution in [3.63, 3.8) is 0 Å². The van der Waals surface area contributed by atoms with Gasteiger partial charge in [0.05, 0.1) is 22.6 Å². The third-order valence-corrected chi connectivity index (χ3v) is 2.80. The molecular formula is C12H14N2O3. The molecule has 1 aromatic carbocycles. The van der Waals surface area contributed by atoms with Crippen LogP contribution in [0.2, 0.25) is 0 Å². The summed E-state index contributed by atoms with van der Waals surface area (Å²) in [5.41, 5.74) is 1.06. The lowest BCUT2D eigenvalue weighted by atomic mass is 10.1. The molecule has 1 heterocycles. The molecule has 17 heavy (non-hydrogen) atoms. The van der Waals surface area contributed by atoms with Crippen LogP contribution in [-0.2, 0) is 6.54 Å². The monoisotopic (exact) mass is 234 g/mol. The number of carbonyl (C=O) groups excluding carboxylic acids is 1. The second kappa shape index (κ2) is 4.16. The number of nitrogens with zero attached hydrogens (tertiary/aromatic N) is 2. The predicted molar refractivity (Wildman–Crippen MR) is 62.7 cm³/mol. The van der Waals surface area contributed by atoms with Gasteiger partial charge in [-0.15, -0.1) is 0 Å². The fraction of sp³-hybridized carbons (Fsp3) is 0.417. The molecule has 0 aliphatic carbocycles. The average molecular weight is 234 g/mol. The molecule has 0 spiro atoms. The molecule has 1 amide bonds. The van der Waals surface area contributed by atoms with Crippen molar-refractivity contribution in [1.29, 1.82) is 0 Å². The minimum atomic E-state index is -0.426. The molecule has 0 unspecified atom stereocenters. The first-order valence-electron chi connectivity index (χ1n) is 5.56. The lowest BCUT2D eigenvalue weighted by Gasteiger charge is -2.17. The first kappa shape index (κ1) is 11.6. The Labute approximate surface area is 99.2 Å². The number of nitro groups is 1. The number of hydrogen-bond donors (Lipinski definition) is 0. The van der Waals surface area contributed by atoms with E-state index >= 15 is 0 Å². The van der Waals surface area contributed by atoms with Crippen LogP contribution in [0.5, 0.6) is 0 Å². The van der Waals surface area contributed by atoms with Crippen LogP contribution in [0.1, 0.15) is 29.8 Å². The first-order valence-corrected chi connectivity index (χ1v) is 5.56. The van der Waals surface area contributed by atoms with E-state index in [2.05, 4.69) is 0 Å². The van der Waals surface area contributed by atoms with Crippen molar-refractivity contribution < 1.29 is 9.72 Å². The Kier molecular flexibility index (Phi) is 2.83. The Morgan fingerprint density at radius 2 is 2.18 bits per heavy atom. The SMILES string of the molecule is CC(C)CN1Cc2c(cccc2[N+](=O)[O-])C1=O. The zero-order valence-electron chi connectivity index (χ0n) is 9.84. The van der Waals surface area contributed by atoms with Gasteiger partial charge in [0.15, 0.2) is 0 Å². The maximum Gasteiger partial charge on any atom is 0.275 e. The number of amides is 1. The Hall–Kier alpha value is -1.91. The molecule has 1 aromatic rings. The second-order valence-corrected chi connectivity index (χ2v) is 4.64. The number of nitro benzene ring substituents is 1. The Balaban J connectivity index is 2.37. The second-order valence-electron chi connectivity index (χ2n) is 4.64. The number of carbonyl (C=O) groups is 1. The Bertz CT molecular complexity index is 483. The molecule has 1 aliphatic heterocycles. The van der Waals surface area contributed by atoms with Gasteiger partial charge in [0.1, 0.15) is 0 Å². The van der Waals surface area contributed by atoms with E-state index in [0.29, 0.717) is 30.1 Å². The van der Waals surface area contributed by atoms with Gasteiger partial charge < -0.3 is 4.90 Å². The third-order valence-electron chi connectivity index (χ3n) is 2.80. The Morgan fingerprint density at radius 3 is 2.76 bits per heavy atom. The maximum absolute atomic E-state index is 12.0. The number of benzene rings is 1. The molecule has 2 rings (SSSR count). The van der Waals surface area contributed by atoms with Gasteiger partial charge in [-0.2, -0.15) is 0 Å². The summed E-state index contributed by atoms with van der Waals surface area (Å²) in [5.74, 6) is 0.254. The third kappa shape index (κ3) is 2.00. The summed E-state index contributed by atoms with van der Waals surface area (Å²) in [7, 11) is 0. The highest BCUT2D eigenvalue weighted by Crippen LogP contribution is 2.30. The zero-order valence-corrected chi connectivity index (χ0v) is 9.84. The lowest BCUT2D eigenvalue weighted by molar-refractivity contribution is -0.385. The smallest absolute Gasteiger partial charge is 0.275 e. The molecule has 5 nitrogen and oxygen atoms in total. The topological polar surface area (TPSA) is 63.4 Å². The van der Waals surface area contributed by atoms with Gasteiger partial charge in [-0.1, -0.05) is 19.9 Å². The van der Waals surface area contributed by atoms with Crippen LogP contribution < -0.4 is 0 Å². The van der Waals surface area contributed by atoms with E-state index < -0.39 is 4.92 Å². The van der Waals surface area contributed by atoms with E-state index in [1.165, 1.54) is 6.07 Å². The Morgan fingerprint density at radius 1 is 1.47 bits per heavy atom. The van der Waals surface area contributed by atoms with Gasteiger partial charge in [0.25, 0.3) is 11.6 Å². The van der Waals surface area contributed by atoms with E-state index in [1.807, 2.05) is 13.8 Å². The van der Waals surface area contributed by atoms with Crippen LogP contribution >= 0.6 is 0 Å². The van der Waals surface area contributed by atoms with Crippen LogP contribution in [0.4, 0.5) is 5.69 Å². The highest BCUT2D eigenvalue weighted by Gasteiger charge is 2.32. The van der Waals surface area contributed by atoms with Gasteiger partial charge >= 0.3 is 0 Å². The van der Waals surface area contributed by atoms with E-state index in [9.17, 15) is 14.9 Å². The summed E-state index contributed by atoms with van der Waals surface area (Å²) >= 11 is 0. The molecule has 0 bridgehead atoms. The van der Waals surface area contributed by atoms with Crippen molar-refractivity contribution in [2.75, 3.05) is 6.54 Å². The summed E-state index contributed by atoms with van der Waals surface area (Å²) in [6, 6.07) is 4.67. The fourth-order valence-electron chi connectivity index (χ4n) is 2.13. The molecule has 0 N–H and O–H groups in total. The van der Waals surface area contributed by atoms with Crippen LogP contribution in [-0.4, -0.2) is 22.3 Å².